The van der Waals surface area contributed by atoms with E-state index < -0.39 is 0 Å². The van der Waals surface area contributed by atoms with Gasteiger partial charge in [-0.15, -0.1) is 0 Å². The minimum absolute atomic E-state index is 0. The molecule has 0 radical (unpaired) electrons. The summed E-state index contributed by atoms with van der Waals surface area (Å²) in [4.78, 5) is 0. The fraction of sp³-hybridized carbons (Fsp3) is 0.333. The van der Waals surface area contributed by atoms with Gasteiger partial charge in [0, 0.05) is 0 Å². The first-order valence-corrected chi connectivity index (χ1v) is 4.68. The molecule has 1 aromatic rings. The molecule has 2 heteroatoms. The minimum Gasteiger partial charge on any atom is -0.0878 e. The van der Waals surface area contributed by atoms with E-state index in [1.807, 2.05) is 0 Å². The lowest BCUT2D eigenvalue weighted by Gasteiger charge is -2.03. The smallest absolute Gasteiger partial charge is 0.0814 e. The average molecular weight is 166 g/mol. The Morgan fingerprint density at radius 3 is 2.09 bits per heavy atom. The topological polar surface area (TPSA) is 0 Å². The average Bonchev–Trinajstić information content (AvgIpc) is 1.88. The molecular weight excluding hydrogens is 150 g/mol. The van der Waals surface area contributed by atoms with Crippen LogP contribution in [-0.4, -0.2) is 14.1 Å². The van der Waals surface area contributed by atoms with E-state index in [1.165, 1.54) is 5.30 Å². The van der Waals surface area contributed by atoms with Crippen molar-refractivity contribution in [3.63, 3.8) is 0 Å². The second kappa shape index (κ2) is 5.38. The monoisotopic (exact) mass is 166 g/mol. The normalized spacial score (nSPS) is 10.5. The first kappa shape index (κ1) is 10.7. The summed E-state index contributed by atoms with van der Waals surface area (Å²) in [5.74, 6) is 0. The van der Waals surface area contributed by atoms with Gasteiger partial charge in [0.1, 0.15) is 0 Å². The molecule has 1 atom stereocenters. The Bertz CT molecular complexity index is 184. The fourth-order valence-corrected chi connectivity index (χ4v) is 1.92. The van der Waals surface area contributed by atoms with Crippen molar-refractivity contribution in [2.24, 2.45) is 0 Å². The van der Waals surface area contributed by atoms with Crippen molar-refractivity contribution in [1.29, 1.82) is 0 Å². The SMILES string of the molecule is B.CC(C)Pc1ccccc1. The molecule has 1 rings (SSSR count). The zero-order valence-electron chi connectivity index (χ0n) is 6.46. The quantitative estimate of drug-likeness (QED) is 0.457. The second-order valence-electron chi connectivity index (χ2n) is 2.67. The van der Waals surface area contributed by atoms with Crippen molar-refractivity contribution in [2.75, 3.05) is 0 Å². The van der Waals surface area contributed by atoms with Crippen LogP contribution in [0.2, 0.25) is 0 Å². The number of hydrogen-bond acceptors (Lipinski definition) is 0. The summed E-state index contributed by atoms with van der Waals surface area (Å²) in [6, 6.07) is 10.7. The van der Waals surface area contributed by atoms with Crippen LogP contribution >= 0.6 is 8.58 Å². The molecule has 0 fully saturated rings. The summed E-state index contributed by atoms with van der Waals surface area (Å²) in [6.07, 6.45) is 0. The van der Waals surface area contributed by atoms with E-state index in [0.29, 0.717) is 0 Å². The molecule has 60 valence electrons. The molecule has 0 heterocycles. The molecular formula is C9H16BP. The lowest BCUT2D eigenvalue weighted by Crippen LogP contribution is -1.96. The Hall–Kier alpha value is -0.285. The molecule has 0 aliphatic carbocycles. The molecule has 1 unspecified atom stereocenters. The van der Waals surface area contributed by atoms with Gasteiger partial charge in [0.2, 0.25) is 0 Å². The fourth-order valence-electron chi connectivity index (χ4n) is 0.868. The Kier molecular flexibility index (Phi) is 5.24. The van der Waals surface area contributed by atoms with Gasteiger partial charge in [-0.3, -0.25) is 0 Å². The molecule has 0 nitrogen and oxygen atoms in total. The molecule has 0 amide bonds. The van der Waals surface area contributed by atoms with E-state index in [4.69, 9.17) is 0 Å². The van der Waals surface area contributed by atoms with E-state index in [-0.39, 0.29) is 8.41 Å². The van der Waals surface area contributed by atoms with Crippen molar-refractivity contribution >= 4 is 22.3 Å². The Balaban J connectivity index is 0.000001000. The molecule has 0 aliphatic heterocycles. The van der Waals surface area contributed by atoms with Gasteiger partial charge in [-0.1, -0.05) is 52.8 Å². The van der Waals surface area contributed by atoms with E-state index >= 15 is 0 Å². The van der Waals surface area contributed by atoms with Gasteiger partial charge in [-0.25, -0.2) is 0 Å². The first-order chi connectivity index (χ1) is 4.79. The molecule has 1 aromatic carbocycles. The predicted molar refractivity (Wildman–Crippen MR) is 59.5 cm³/mol. The van der Waals surface area contributed by atoms with E-state index in [0.717, 1.165) is 14.2 Å². The van der Waals surface area contributed by atoms with Gasteiger partial charge in [0.05, 0.1) is 8.41 Å². The van der Waals surface area contributed by atoms with Crippen LogP contribution in [0.3, 0.4) is 0 Å². The molecule has 0 N–H and O–H groups in total. The van der Waals surface area contributed by atoms with Crippen LogP contribution in [0, 0.1) is 0 Å². The minimum atomic E-state index is 0. The highest BCUT2D eigenvalue weighted by atomic mass is 31.1. The Morgan fingerprint density at radius 1 is 1.09 bits per heavy atom. The van der Waals surface area contributed by atoms with E-state index in [1.54, 1.807) is 0 Å². The lowest BCUT2D eigenvalue weighted by atomic mass is 10.4. The second-order valence-corrected chi connectivity index (χ2v) is 4.69. The highest BCUT2D eigenvalue weighted by molar-refractivity contribution is 7.47. The number of hydrogen-bond donors (Lipinski definition) is 0. The van der Waals surface area contributed by atoms with Crippen LogP contribution in [0.5, 0.6) is 0 Å². The summed E-state index contributed by atoms with van der Waals surface area (Å²) < 4.78 is 0. The van der Waals surface area contributed by atoms with Gasteiger partial charge in [-0.05, 0) is 11.0 Å². The zero-order chi connectivity index (χ0) is 7.40. The van der Waals surface area contributed by atoms with Crippen molar-refractivity contribution in [2.45, 2.75) is 19.5 Å². The third-order valence-electron chi connectivity index (χ3n) is 1.23. The van der Waals surface area contributed by atoms with Crippen LogP contribution in [0.4, 0.5) is 0 Å². The maximum absolute atomic E-state index is 2.26. The molecule has 0 aliphatic rings. The lowest BCUT2D eigenvalue weighted by molar-refractivity contribution is 1.11. The van der Waals surface area contributed by atoms with Crippen LogP contribution < -0.4 is 5.30 Å². The highest BCUT2D eigenvalue weighted by Crippen LogP contribution is 2.16. The summed E-state index contributed by atoms with van der Waals surface area (Å²) in [5, 5.41) is 1.47. The van der Waals surface area contributed by atoms with Gasteiger partial charge >= 0.3 is 0 Å². The third kappa shape index (κ3) is 4.21. The predicted octanol–water partition coefficient (Wildman–Crippen LogP) is 1.21. The zero-order valence-corrected chi connectivity index (χ0v) is 7.46. The van der Waals surface area contributed by atoms with Crippen molar-refractivity contribution in [3.8, 4) is 0 Å². The standard InChI is InChI=1S/C9H13P.BH3/c1-8(2)10-9-6-4-3-5-7-9;/h3-8,10H,1-2H3;1H3. The highest BCUT2D eigenvalue weighted by Gasteiger charge is 1.93. The van der Waals surface area contributed by atoms with Crippen LogP contribution in [0.1, 0.15) is 13.8 Å². The first-order valence-electron chi connectivity index (χ1n) is 3.60. The van der Waals surface area contributed by atoms with Gasteiger partial charge in [0.25, 0.3) is 0 Å². The van der Waals surface area contributed by atoms with Crippen molar-refractivity contribution in [3.05, 3.63) is 30.3 Å². The van der Waals surface area contributed by atoms with Crippen LogP contribution in [0.15, 0.2) is 30.3 Å². The van der Waals surface area contributed by atoms with Crippen LogP contribution in [0.25, 0.3) is 0 Å². The molecule has 0 saturated carbocycles. The molecule has 0 aromatic heterocycles. The van der Waals surface area contributed by atoms with E-state index in [9.17, 15) is 0 Å². The maximum atomic E-state index is 2.26. The third-order valence-corrected chi connectivity index (χ3v) is 2.47. The van der Waals surface area contributed by atoms with Crippen molar-refractivity contribution in [1.82, 2.24) is 0 Å². The Labute approximate surface area is 72.8 Å². The van der Waals surface area contributed by atoms with Crippen molar-refractivity contribution < 1.29 is 0 Å². The molecule has 0 bridgehead atoms. The largest absolute Gasteiger partial charge is 0.0878 e. The van der Waals surface area contributed by atoms with Gasteiger partial charge < -0.3 is 0 Å². The number of benzene rings is 1. The number of rotatable bonds is 2. The van der Waals surface area contributed by atoms with E-state index in [2.05, 4.69) is 44.2 Å². The maximum Gasteiger partial charge on any atom is 0.0814 e. The molecule has 0 spiro atoms. The van der Waals surface area contributed by atoms with Crippen LogP contribution in [-0.2, 0) is 0 Å². The van der Waals surface area contributed by atoms with Gasteiger partial charge in [0.15, 0.2) is 0 Å². The summed E-state index contributed by atoms with van der Waals surface area (Å²) in [7, 11) is 0.961. The summed E-state index contributed by atoms with van der Waals surface area (Å²) in [6.45, 7) is 4.51. The Morgan fingerprint density at radius 2 is 1.64 bits per heavy atom. The molecule has 0 saturated heterocycles. The molecule has 11 heavy (non-hydrogen) atoms. The summed E-state index contributed by atoms with van der Waals surface area (Å²) >= 11 is 0. The summed E-state index contributed by atoms with van der Waals surface area (Å²) in [5.41, 5.74) is 0.794. The van der Waals surface area contributed by atoms with Gasteiger partial charge in [-0.2, -0.15) is 0 Å².